The Bertz CT molecular complexity index is 430. The molecular weight excluding hydrogens is 189 g/mol. The highest BCUT2D eigenvalue weighted by molar-refractivity contribution is 5.74. The average molecular weight is 203 g/mol. The van der Waals surface area contributed by atoms with Crippen molar-refractivity contribution in [1.29, 1.82) is 0 Å². The summed E-state index contributed by atoms with van der Waals surface area (Å²) in [6.07, 6.45) is 2.88. The minimum atomic E-state index is -0.483. The second-order valence-corrected chi connectivity index (χ2v) is 3.38. The van der Waals surface area contributed by atoms with Crippen molar-refractivity contribution in [2.75, 3.05) is 5.73 Å². The zero-order valence-electron chi connectivity index (χ0n) is 8.76. The molecule has 1 aromatic rings. The fraction of sp³-hybridized carbons (Fsp3) is 0.0769. The molecule has 0 saturated carbocycles. The second-order valence-electron chi connectivity index (χ2n) is 3.38. The molecule has 0 amide bonds. The third-order valence-corrected chi connectivity index (χ3v) is 2.11. The first-order chi connectivity index (χ1) is 7.00. The van der Waals surface area contributed by atoms with E-state index in [4.69, 9.17) is 5.73 Å². The van der Waals surface area contributed by atoms with Crippen LogP contribution in [0.3, 0.4) is 0 Å². The fourth-order valence-corrected chi connectivity index (χ4v) is 1.16. The topological polar surface area (TPSA) is 26.0 Å². The van der Waals surface area contributed by atoms with Crippen LogP contribution in [0.2, 0.25) is 0 Å². The molecule has 0 aromatic heterocycles. The van der Waals surface area contributed by atoms with Crippen LogP contribution < -0.4 is 5.73 Å². The average Bonchev–Trinajstić information content (AvgIpc) is 2.18. The molecule has 0 aliphatic rings. The summed E-state index contributed by atoms with van der Waals surface area (Å²) in [5.41, 5.74) is 9.08. The van der Waals surface area contributed by atoms with Crippen molar-refractivity contribution >= 4 is 11.3 Å². The summed E-state index contributed by atoms with van der Waals surface area (Å²) >= 11 is 0. The van der Waals surface area contributed by atoms with Gasteiger partial charge in [-0.05, 0) is 41.8 Å². The van der Waals surface area contributed by atoms with Crippen LogP contribution in [0, 0.1) is 6.92 Å². The maximum Gasteiger partial charge on any atom is 0.116 e. The lowest BCUT2D eigenvalue weighted by Crippen LogP contribution is -1.90. The van der Waals surface area contributed by atoms with Crippen LogP contribution in [0.1, 0.15) is 11.1 Å². The Morgan fingerprint density at radius 2 is 2.00 bits per heavy atom. The summed E-state index contributed by atoms with van der Waals surface area (Å²) in [6, 6.07) is 5.59. The van der Waals surface area contributed by atoms with E-state index in [1.54, 1.807) is 6.08 Å². The van der Waals surface area contributed by atoms with Gasteiger partial charge in [-0.25, -0.2) is 4.39 Å². The maximum absolute atomic E-state index is 12.4. The van der Waals surface area contributed by atoms with E-state index in [1.807, 2.05) is 25.1 Å². The van der Waals surface area contributed by atoms with Gasteiger partial charge in [0.05, 0.1) is 0 Å². The molecule has 0 saturated heterocycles. The predicted molar refractivity (Wildman–Crippen MR) is 64.0 cm³/mol. The lowest BCUT2D eigenvalue weighted by atomic mass is 10.0. The first-order valence-electron chi connectivity index (χ1n) is 4.58. The second kappa shape index (κ2) is 4.60. The third-order valence-electron chi connectivity index (χ3n) is 2.11. The Morgan fingerprint density at radius 3 is 2.53 bits per heavy atom. The number of halogens is 1. The monoisotopic (exact) mass is 203 g/mol. The van der Waals surface area contributed by atoms with Crippen LogP contribution in [-0.2, 0) is 0 Å². The van der Waals surface area contributed by atoms with E-state index in [0.29, 0.717) is 0 Å². The zero-order chi connectivity index (χ0) is 11.4. The van der Waals surface area contributed by atoms with Gasteiger partial charge >= 0.3 is 0 Å². The van der Waals surface area contributed by atoms with Crippen LogP contribution in [0.15, 0.2) is 49.3 Å². The Morgan fingerprint density at radius 1 is 1.33 bits per heavy atom. The van der Waals surface area contributed by atoms with Gasteiger partial charge in [-0.15, -0.1) is 0 Å². The molecule has 0 aliphatic heterocycles. The van der Waals surface area contributed by atoms with Gasteiger partial charge in [0.25, 0.3) is 0 Å². The molecule has 1 aromatic carbocycles. The molecule has 0 unspecified atom stereocenters. The van der Waals surface area contributed by atoms with Crippen LogP contribution in [0.4, 0.5) is 10.1 Å². The van der Waals surface area contributed by atoms with Crippen molar-refractivity contribution in [3.63, 3.8) is 0 Å². The van der Waals surface area contributed by atoms with Gasteiger partial charge < -0.3 is 5.73 Å². The first-order valence-corrected chi connectivity index (χ1v) is 4.58. The van der Waals surface area contributed by atoms with Gasteiger partial charge in [-0.1, -0.05) is 25.3 Å². The molecule has 0 spiro atoms. The number of benzene rings is 1. The number of hydrogen-bond donors (Lipinski definition) is 1. The lowest BCUT2D eigenvalue weighted by molar-refractivity contribution is 0.671. The van der Waals surface area contributed by atoms with E-state index in [-0.39, 0.29) is 0 Å². The SMILES string of the molecule is C=C(F)/C=C\C(=C)c1ccc(N)c(C)c1. The molecule has 0 fully saturated rings. The smallest absolute Gasteiger partial charge is 0.116 e. The molecule has 2 heteroatoms. The highest BCUT2D eigenvalue weighted by Crippen LogP contribution is 2.19. The van der Waals surface area contributed by atoms with Crippen molar-refractivity contribution < 1.29 is 4.39 Å². The molecule has 0 aliphatic carbocycles. The van der Waals surface area contributed by atoms with Gasteiger partial charge in [0.15, 0.2) is 0 Å². The molecule has 1 rings (SSSR count). The number of nitrogens with two attached hydrogens (primary N) is 1. The van der Waals surface area contributed by atoms with Gasteiger partial charge in [-0.2, -0.15) is 0 Å². The summed E-state index contributed by atoms with van der Waals surface area (Å²) < 4.78 is 12.4. The minimum absolute atomic E-state index is 0.483. The van der Waals surface area contributed by atoms with Gasteiger partial charge in [0, 0.05) is 5.69 Å². The zero-order valence-corrected chi connectivity index (χ0v) is 8.76. The van der Waals surface area contributed by atoms with Crippen LogP contribution >= 0.6 is 0 Å². The van der Waals surface area contributed by atoms with Crippen molar-refractivity contribution in [3.05, 3.63) is 60.5 Å². The quantitative estimate of drug-likeness (QED) is 0.589. The molecule has 1 nitrogen and oxygen atoms in total. The van der Waals surface area contributed by atoms with Crippen molar-refractivity contribution in [3.8, 4) is 0 Å². The number of nitrogen functional groups attached to an aromatic ring is 1. The maximum atomic E-state index is 12.4. The molecule has 2 N–H and O–H groups in total. The molecule has 0 radical (unpaired) electrons. The summed E-state index contributed by atoms with van der Waals surface area (Å²) in [6.45, 7) is 8.89. The molecule has 15 heavy (non-hydrogen) atoms. The van der Waals surface area contributed by atoms with Gasteiger partial charge in [-0.3, -0.25) is 0 Å². The predicted octanol–water partition coefficient (Wildman–Crippen LogP) is 3.63. The van der Waals surface area contributed by atoms with Crippen molar-refractivity contribution in [2.45, 2.75) is 6.92 Å². The third kappa shape index (κ3) is 3.09. The highest BCUT2D eigenvalue weighted by Gasteiger charge is 1.98. The number of hydrogen-bond acceptors (Lipinski definition) is 1. The van der Waals surface area contributed by atoms with Crippen LogP contribution in [0.5, 0.6) is 0 Å². The number of aryl methyl sites for hydroxylation is 1. The Kier molecular flexibility index (Phi) is 3.45. The molecule has 0 atom stereocenters. The molecule has 78 valence electrons. The van der Waals surface area contributed by atoms with E-state index in [9.17, 15) is 4.39 Å². The first kappa shape index (κ1) is 11.2. The normalized spacial score (nSPS) is 10.5. The van der Waals surface area contributed by atoms with Gasteiger partial charge in [0.2, 0.25) is 0 Å². The van der Waals surface area contributed by atoms with Gasteiger partial charge in [0.1, 0.15) is 5.83 Å². The van der Waals surface area contributed by atoms with E-state index < -0.39 is 5.83 Å². The minimum Gasteiger partial charge on any atom is -0.399 e. The molecule has 0 bridgehead atoms. The molecular formula is C13H14FN. The number of anilines is 1. The standard InChI is InChI=1S/C13H14FN/c1-9(4-5-11(3)14)12-6-7-13(15)10(2)8-12/h4-8H,1,3,15H2,2H3/b5-4-. The Labute approximate surface area is 89.4 Å². The van der Waals surface area contributed by atoms with Crippen LogP contribution in [0.25, 0.3) is 5.57 Å². The molecule has 0 heterocycles. The largest absolute Gasteiger partial charge is 0.399 e. The van der Waals surface area contributed by atoms with E-state index in [2.05, 4.69) is 13.2 Å². The summed E-state index contributed by atoms with van der Waals surface area (Å²) in [5.74, 6) is -0.483. The fourth-order valence-electron chi connectivity index (χ4n) is 1.16. The summed E-state index contributed by atoms with van der Waals surface area (Å²) in [5, 5.41) is 0. The van der Waals surface area contributed by atoms with Crippen LogP contribution in [-0.4, -0.2) is 0 Å². The summed E-state index contributed by atoms with van der Waals surface area (Å²) in [4.78, 5) is 0. The van der Waals surface area contributed by atoms with Crippen molar-refractivity contribution in [1.82, 2.24) is 0 Å². The van der Waals surface area contributed by atoms with E-state index in [0.717, 1.165) is 22.4 Å². The Balaban J connectivity index is 2.92. The Hall–Kier alpha value is -1.83. The van der Waals surface area contributed by atoms with E-state index >= 15 is 0 Å². The number of rotatable bonds is 3. The highest BCUT2D eigenvalue weighted by atomic mass is 19.1. The number of allylic oxidation sites excluding steroid dienone is 4. The van der Waals surface area contributed by atoms with E-state index in [1.165, 1.54) is 6.08 Å². The summed E-state index contributed by atoms with van der Waals surface area (Å²) in [7, 11) is 0. The van der Waals surface area contributed by atoms with Crippen molar-refractivity contribution in [2.24, 2.45) is 0 Å². The lowest BCUT2D eigenvalue weighted by Gasteiger charge is -2.04.